The van der Waals surface area contributed by atoms with Gasteiger partial charge < -0.3 is 16.2 Å². The molecule has 2 aliphatic carbocycles. The van der Waals surface area contributed by atoms with E-state index in [1.807, 2.05) is 0 Å². The Hall–Kier alpha value is -5.47. The maximum atomic E-state index is 14.6. The minimum Gasteiger partial charge on any atom is -0.478 e. The highest BCUT2D eigenvalue weighted by molar-refractivity contribution is 8.26. The molecule has 0 spiro atoms. The zero-order valence-electron chi connectivity index (χ0n) is 39.8. The van der Waals surface area contributed by atoms with Crippen LogP contribution in [0.5, 0.6) is 0 Å². The van der Waals surface area contributed by atoms with Gasteiger partial charge in [0.15, 0.2) is 0 Å². The van der Waals surface area contributed by atoms with E-state index in [-0.39, 0.29) is 92.7 Å². The first-order valence-corrected chi connectivity index (χ1v) is 25.5. The third kappa shape index (κ3) is 15.5. The Kier molecular flexibility index (Phi) is 21.9. The molecule has 1 amide bonds. The normalized spacial score (nSPS) is 13.8. The monoisotopic (exact) mass is 1230 g/mol. The Labute approximate surface area is 464 Å². The summed E-state index contributed by atoms with van der Waals surface area (Å²) < 4.78 is 199. The summed E-state index contributed by atoms with van der Waals surface area (Å²) in [5.41, 5.74) is -7.48. The third-order valence-electron chi connectivity index (χ3n) is 11.6. The highest BCUT2D eigenvalue weighted by Crippen LogP contribution is 2.55. The Morgan fingerprint density at radius 3 is 1.16 bits per heavy atom. The maximum Gasteiger partial charge on any atom is 0.435 e. The Morgan fingerprint density at radius 2 is 0.886 bits per heavy atom. The van der Waals surface area contributed by atoms with Crippen molar-refractivity contribution in [1.29, 1.82) is 0 Å². The van der Waals surface area contributed by atoms with E-state index in [4.69, 9.17) is 33.1 Å². The summed E-state index contributed by atoms with van der Waals surface area (Å²) in [6, 6.07) is 14.4. The molecule has 2 heterocycles. The Balaban J connectivity index is 0.000000357. The molecule has 2 fully saturated rings. The quantitative estimate of drug-likeness (QED) is 0.0965. The summed E-state index contributed by atoms with van der Waals surface area (Å²) in [5.74, 6) is -1.62. The second-order valence-corrected chi connectivity index (χ2v) is 20.8. The van der Waals surface area contributed by atoms with E-state index in [0.717, 1.165) is 12.8 Å². The molecule has 4 aromatic carbocycles. The average Bonchev–Trinajstić information content (AvgIpc) is 4.18. The summed E-state index contributed by atoms with van der Waals surface area (Å²) in [7, 11) is 7.36. The molecule has 10 nitrogen and oxygen atoms in total. The first-order valence-electron chi connectivity index (χ1n) is 22.0. The number of nitrogens with one attached hydrogen (secondary N) is 1. The summed E-state index contributed by atoms with van der Waals surface area (Å²) in [4.78, 5) is 23.7. The smallest absolute Gasteiger partial charge is 0.435 e. The number of aromatic nitrogens is 4. The number of carboxylic acids is 1. The highest BCUT2D eigenvalue weighted by atomic mass is 36.0. The minimum atomic E-state index is -6.22. The van der Waals surface area contributed by atoms with Gasteiger partial charge in [-0.2, -0.15) is 62.9 Å². The molecule has 0 bridgehead atoms. The van der Waals surface area contributed by atoms with Gasteiger partial charge in [-0.05, 0) is 124 Å². The minimum absolute atomic E-state index is 0. The average molecular weight is 1240 g/mol. The molecule has 6 aromatic rings. The van der Waals surface area contributed by atoms with E-state index < -0.39 is 62.4 Å². The number of carbonyl (C=O) groups excluding carboxylic acids is 1. The summed E-state index contributed by atoms with van der Waals surface area (Å²) >= 11 is 12.0. The molecule has 434 valence electrons. The molecular formula is C50H48Cl4F14N6O4S. The van der Waals surface area contributed by atoms with Crippen LogP contribution in [0.25, 0.3) is 33.9 Å². The van der Waals surface area contributed by atoms with Crippen molar-refractivity contribution in [3.05, 3.63) is 140 Å². The molecule has 4 N–H and O–H groups in total. The third-order valence-corrected chi connectivity index (χ3v) is 12.2. The van der Waals surface area contributed by atoms with Crippen molar-refractivity contribution in [3.8, 4) is 33.9 Å². The number of rotatable bonds is 9. The fourth-order valence-corrected chi connectivity index (χ4v) is 7.95. The van der Waals surface area contributed by atoms with Gasteiger partial charge in [0.05, 0.1) is 43.9 Å². The molecule has 0 aliphatic heterocycles. The van der Waals surface area contributed by atoms with Crippen molar-refractivity contribution >= 4 is 65.7 Å². The molecule has 0 atom stereocenters. The van der Waals surface area contributed by atoms with E-state index in [1.165, 1.54) is 105 Å². The number of amides is 1. The van der Waals surface area contributed by atoms with Crippen molar-refractivity contribution < 1.29 is 80.4 Å². The first-order chi connectivity index (χ1) is 35.3. The van der Waals surface area contributed by atoms with Crippen LogP contribution in [0.4, 0.5) is 61.5 Å². The fourth-order valence-electron chi connectivity index (χ4n) is 7.55. The van der Waals surface area contributed by atoms with Gasteiger partial charge >= 0.3 is 42.0 Å². The van der Waals surface area contributed by atoms with Crippen LogP contribution in [-0.4, -0.2) is 77.5 Å². The van der Waals surface area contributed by atoms with Crippen LogP contribution in [0.15, 0.2) is 85.2 Å². The van der Waals surface area contributed by atoms with Crippen molar-refractivity contribution in [2.24, 2.45) is 5.73 Å². The fraction of sp³-hybridized carbons (Fsp3) is 0.360. The van der Waals surface area contributed by atoms with Crippen LogP contribution < -0.4 is 11.1 Å². The molecule has 8 rings (SSSR count). The van der Waals surface area contributed by atoms with E-state index in [1.54, 1.807) is 6.07 Å². The van der Waals surface area contributed by atoms with E-state index >= 15 is 0 Å². The van der Waals surface area contributed by atoms with Gasteiger partial charge in [-0.25, -0.2) is 27.1 Å². The second kappa shape index (κ2) is 25.5. The number of aryl methyl sites for hydroxylation is 4. The predicted molar refractivity (Wildman–Crippen MR) is 275 cm³/mol. The molecule has 0 saturated heterocycles. The van der Waals surface area contributed by atoms with Crippen molar-refractivity contribution in [3.63, 3.8) is 0 Å². The largest absolute Gasteiger partial charge is 0.478 e. The van der Waals surface area contributed by atoms with Gasteiger partial charge in [0.25, 0.3) is 5.91 Å². The number of hydrogen-bond acceptors (Lipinski definition) is 6. The van der Waals surface area contributed by atoms with Crippen molar-refractivity contribution in [1.82, 2.24) is 24.9 Å². The van der Waals surface area contributed by atoms with Crippen LogP contribution in [0.2, 0.25) is 10.0 Å². The van der Waals surface area contributed by atoms with Gasteiger partial charge in [-0.15, -0.1) is 0 Å². The lowest BCUT2D eigenvalue weighted by Gasteiger charge is -2.31. The molecule has 29 heteroatoms. The highest BCUT2D eigenvalue weighted by Gasteiger charge is 2.74. The maximum absolute atomic E-state index is 14.6. The number of carbonyl (C=O) groups is 2. The molecule has 79 heavy (non-hydrogen) atoms. The molecule has 2 aliphatic rings. The summed E-state index contributed by atoms with van der Waals surface area (Å²) in [5, 5.41) is 20.9. The van der Waals surface area contributed by atoms with Crippen LogP contribution in [0.1, 0.15) is 94.6 Å². The van der Waals surface area contributed by atoms with Gasteiger partial charge in [-0.1, -0.05) is 62.3 Å². The predicted octanol–water partition coefficient (Wildman–Crippen LogP) is 16.2. The van der Waals surface area contributed by atoms with Crippen LogP contribution >= 0.6 is 44.6 Å². The first kappa shape index (κ1) is 67.8. The lowest BCUT2D eigenvalue weighted by Crippen LogP contribution is -2.50. The molecule has 2 saturated carbocycles. The number of carboxylic acid groups (broad SMARTS) is 1. The summed E-state index contributed by atoms with van der Waals surface area (Å²) in [6.07, 6.45) is -17.6. The van der Waals surface area contributed by atoms with E-state index in [9.17, 15) is 76.2 Å². The van der Waals surface area contributed by atoms with Gasteiger partial charge in [0.2, 0.25) is 9.23 Å². The molecule has 0 unspecified atom stereocenters. The molecule has 2 aromatic heterocycles. The van der Waals surface area contributed by atoms with Crippen molar-refractivity contribution in [2.45, 2.75) is 116 Å². The van der Waals surface area contributed by atoms with Crippen LogP contribution in [-0.2, 0) is 20.6 Å². The standard InChI is InChI=1S/C24H19ClF7N3O.C21H14ClF7N2O2.C3H7N.2CH4.Cl2OS/c1-12-9-14(22(26,23(27,28)29)24(30,31)32)10-13(2)20(12)19-7-8-35(34-19)16-5-6-18(25)17(11-16)21(36)33-15-3-4-15;1-10-7-12(19(23,20(24,25)26)21(27,28)29)8-11(2)17(10)16-5-6-31(30-16)13-3-4-15(22)14(9-13)18(32)33;4-3-1-2-3;;;1-4(2)3/h5-11,15H,3-4H2,1-2H3,(H,33,36);3-9H,1-2H3,(H,32,33);3H,1-2,4H2;2*1H4;. The van der Waals surface area contributed by atoms with Crippen LogP contribution in [0, 0.1) is 27.7 Å². The van der Waals surface area contributed by atoms with Gasteiger partial charge in [0, 0.05) is 68.1 Å². The number of nitrogens with two attached hydrogens (primary N) is 1. The lowest BCUT2D eigenvalue weighted by atomic mass is 9.88. The van der Waals surface area contributed by atoms with Crippen LogP contribution in [0.3, 0.4) is 0 Å². The molecular weight excluding hydrogens is 1190 g/mol. The lowest BCUT2D eigenvalue weighted by molar-refractivity contribution is -0.349. The van der Waals surface area contributed by atoms with E-state index in [0.29, 0.717) is 41.7 Å². The number of alkyl halides is 14. The summed E-state index contributed by atoms with van der Waals surface area (Å²) in [6.45, 7) is 5.03. The SMILES string of the molecule is C.C.Cc1cc(C(F)(C(F)(F)F)C(F)(F)F)cc(C)c1-c1ccn(-c2ccc(Cl)c(C(=O)NC3CC3)c2)n1.Cc1cc(C(F)(C(F)(F)F)C(F)(F)F)cc(C)c1-c1ccn(-c2ccc(Cl)c(C(=O)O)c2)n1.NC1CC1.O=S(Cl)Cl. The number of benzene rings is 4. The Bertz CT molecular complexity index is 3100. The second-order valence-electron chi connectivity index (χ2n) is 17.5. The number of hydrogen-bond donors (Lipinski definition) is 3. The molecule has 0 radical (unpaired) electrons. The Morgan fingerprint density at radius 1 is 0.582 bits per heavy atom. The topological polar surface area (TPSA) is 145 Å². The van der Waals surface area contributed by atoms with Gasteiger partial charge in [0.1, 0.15) is 0 Å². The van der Waals surface area contributed by atoms with Crippen molar-refractivity contribution in [2.75, 3.05) is 0 Å². The number of halogens is 18. The zero-order chi connectivity index (χ0) is 58.1. The van der Waals surface area contributed by atoms with Gasteiger partial charge in [-0.3, -0.25) is 4.79 Å². The zero-order valence-corrected chi connectivity index (χ0v) is 43.7. The van der Waals surface area contributed by atoms with E-state index in [2.05, 4.69) is 36.9 Å². The number of aromatic carboxylic acids is 1. The number of nitrogens with zero attached hydrogens (tertiary/aromatic N) is 4.